The van der Waals surface area contributed by atoms with Gasteiger partial charge in [-0.25, -0.2) is 4.98 Å². The number of carbonyl (C=O) groups is 1. The fraction of sp³-hybridized carbons (Fsp3) is 0.481. The van der Waals surface area contributed by atoms with Gasteiger partial charge in [0.1, 0.15) is 10.8 Å². The van der Waals surface area contributed by atoms with Crippen LogP contribution in [-0.4, -0.2) is 68.5 Å². The summed E-state index contributed by atoms with van der Waals surface area (Å²) in [4.78, 5) is 26.8. The van der Waals surface area contributed by atoms with Gasteiger partial charge < -0.3 is 19.8 Å². The number of nitrogens with zero attached hydrogens (tertiary/aromatic N) is 4. The summed E-state index contributed by atoms with van der Waals surface area (Å²) < 4.78 is 5.35. The SMILES string of the molecule is COc1ccc2nccc([C@H](O)CC[C@@H]3CCN(CCCSc4cnccn4)C[C@@H]3CC(=O)O)c2c1. The number of rotatable bonds is 12. The molecule has 0 radical (unpaired) electrons. The molecule has 0 saturated carbocycles. The highest BCUT2D eigenvalue weighted by Gasteiger charge is 2.31. The second kappa shape index (κ2) is 13.0. The van der Waals surface area contributed by atoms with E-state index in [1.165, 1.54) is 0 Å². The molecular weight excluding hydrogens is 476 g/mol. The second-order valence-corrected chi connectivity index (χ2v) is 10.4. The lowest BCUT2D eigenvalue weighted by molar-refractivity contribution is -0.139. The fourth-order valence-corrected chi connectivity index (χ4v) is 5.86. The molecule has 0 bridgehead atoms. The molecule has 9 heteroatoms. The number of ether oxygens (including phenoxy) is 1. The minimum atomic E-state index is -0.752. The standard InChI is InChI=1S/C27H34N4O4S/c1-35-21-4-5-24-23(16-21)22(7-9-29-24)25(32)6-3-19-8-13-31(18-20(19)15-27(33)34)12-2-14-36-26-17-28-10-11-30-26/h4-5,7,9-11,16-17,19-20,25,32H,2-3,6,8,12-15,18H2,1H3,(H,33,34)/t19-,20+,25-/m1/s1. The highest BCUT2D eigenvalue weighted by molar-refractivity contribution is 7.99. The average Bonchev–Trinajstić information content (AvgIpc) is 2.90. The van der Waals surface area contributed by atoms with E-state index in [0.717, 1.165) is 71.9 Å². The van der Waals surface area contributed by atoms with Crippen LogP contribution >= 0.6 is 11.8 Å². The molecule has 0 unspecified atom stereocenters. The summed E-state index contributed by atoms with van der Waals surface area (Å²) in [7, 11) is 1.62. The molecule has 1 aromatic carbocycles. The van der Waals surface area contributed by atoms with Gasteiger partial charge in [0, 0.05) is 42.7 Å². The number of likely N-dealkylation sites (tertiary alicyclic amines) is 1. The van der Waals surface area contributed by atoms with Gasteiger partial charge in [-0.05, 0) is 80.4 Å². The second-order valence-electron chi connectivity index (χ2n) is 9.33. The molecule has 1 aliphatic rings. The first-order chi connectivity index (χ1) is 17.5. The van der Waals surface area contributed by atoms with Gasteiger partial charge in [0.2, 0.25) is 0 Å². The average molecular weight is 511 g/mol. The number of benzene rings is 1. The first-order valence-electron chi connectivity index (χ1n) is 12.5. The molecule has 3 aromatic rings. The number of hydrogen-bond acceptors (Lipinski definition) is 8. The van der Waals surface area contributed by atoms with Gasteiger partial charge in [0.25, 0.3) is 0 Å². The molecule has 8 nitrogen and oxygen atoms in total. The number of thioether (sulfide) groups is 1. The zero-order valence-electron chi connectivity index (χ0n) is 20.6. The van der Waals surface area contributed by atoms with Gasteiger partial charge in [-0.1, -0.05) is 0 Å². The van der Waals surface area contributed by atoms with Crippen LogP contribution in [0.3, 0.4) is 0 Å². The topological polar surface area (TPSA) is 109 Å². The quantitative estimate of drug-likeness (QED) is 0.270. The number of carboxylic acids is 1. The molecule has 3 heterocycles. The Bertz CT molecular complexity index is 1130. The summed E-state index contributed by atoms with van der Waals surface area (Å²) in [5.41, 5.74) is 1.66. The number of aromatic nitrogens is 3. The third-order valence-electron chi connectivity index (χ3n) is 6.97. The maximum atomic E-state index is 11.6. The lowest BCUT2D eigenvalue weighted by Crippen LogP contribution is -2.42. The Morgan fingerprint density at radius 3 is 2.89 bits per heavy atom. The van der Waals surface area contributed by atoms with Crippen LogP contribution in [0.15, 0.2) is 54.1 Å². The van der Waals surface area contributed by atoms with Crippen LogP contribution in [0, 0.1) is 11.8 Å². The molecule has 1 saturated heterocycles. The highest BCUT2D eigenvalue weighted by atomic mass is 32.2. The molecule has 4 rings (SSSR count). The largest absolute Gasteiger partial charge is 0.497 e. The number of fused-ring (bicyclic) bond motifs is 1. The van der Waals surface area contributed by atoms with Crippen LogP contribution in [0.4, 0.5) is 0 Å². The van der Waals surface area contributed by atoms with Crippen LogP contribution < -0.4 is 4.74 Å². The van der Waals surface area contributed by atoms with Crippen molar-refractivity contribution in [3.63, 3.8) is 0 Å². The minimum Gasteiger partial charge on any atom is -0.497 e. The first-order valence-corrected chi connectivity index (χ1v) is 13.5. The van der Waals surface area contributed by atoms with Crippen molar-refractivity contribution in [1.29, 1.82) is 0 Å². The molecule has 1 aliphatic heterocycles. The molecule has 3 atom stereocenters. The van der Waals surface area contributed by atoms with E-state index < -0.39 is 12.1 Å². The van der Waals surface area contributed by atoms with Crippen LogP contribution in [0.5, 0.6) is 5.75 Å². The Kier molecular flexibility index (Phi) is 9.49. The summed E-state index contributed by atoms with van der Waals surface area (Å²) in [5.74, 6) is 1.30. The number of pyridine rings is 1. The number of carboxylic acid groups (broad SMARTS) is 1. The van der Waals surface area contributed by atoms with E-state index in [1.54, 1.807) is 43.7 Å². The van der Waals surface area contributed by atoms with E-state index in [1.807, 2.05) is 24.3 Å². The fourth-order valence-electron chi connectivity index (χ4n) is 5.11. The Morgan fingerprint density at radius 1 is 1.22 bits per heavy atom. The van der Waals surface area contributed by atoms with Crippen molar-refractivity contribution < 1.29 is 19.7 Å². The smallest absolute Gasteiger partial charge is 0.303 e. The molecular formula is C27H34N4O4S. The number of piperidine rings is 1. The summed E-state index contributed by atoms with van der Waals surface area (Å²) in [6, 6.07) is 7.54. The van der Waals surface area contributed by atoms with Crippen molar-refractivity contribution in [3.8, 4) is 5.75 Å². The molecule has 36 heavy (non-hydrogen) atoms. The van der Waals surface area contributed by atoms with E-state index >= 15 is 0 Å². The number of aliphatic hydroxyl groups is 1. The number of methoxy groups -OCH3 is 1. The molecule has 0 amide bonds. The zero-order chi connectivity index (χ0) is 25.3. The highest BCUT2D eigenvalue weighted by Crippen LogP contribution is 2.35. The van der Waals surface area contributed by atoms with Crippen molar-refractivity contribution in [1.82, 2.24) is 19.9 Å². The first kappa shape index (κ1) is 26.3. The lowest BCUT2D eigenvalue weighted by atomic mass is 9.79. The summed E-state index contributed by atoms with van der Waals surface area (Å²) in [5, 5.41) is 22.4. The molecule has 1 fully saturated rings. The third-order valence-corrected chi connectivity index (χ3v) is 7.97. The molecule has 2 N–H and O–H groups in total. The monoisotopic (exact) mass is 510 g/mol. The van der Waals surface area contributed by atoms with E-state index in [-0.39, 0.29) is 18.3 Å². The predicted molar refractivity (Wildman–Crippen MR) is 140 cm³/mol. The molecule has 0 aliphatic carbocycles. The summed E-state index contributed by atoms with van der Waals surface area (Å²) in [6.45, 7) is 2.70. The van der Waals surface area contributed by atoms with Gasteiger partial charge in [0.15, 0.2) is 0 Å². The van der Waals surface area contributed by atoms with Crippen molar-refractivity contribution >= 4 is 28.6 Å². The van der Waals surface area contributed by atoms with Crippen molar-refractivity contribution in [2.24, 2.45) is 11.8 Å². The van der Waals surface area contributed by atoms with Crippen molar-refractivity contribution in [3.05, 3.63) is 54.6 Å². The Morgan fingerprint density at radius 2 is 2.11 bits per heavy atom. The van der Waals surface area contributed by atoms with Gasteiger partial charge in [-0.15, -0.1) is 11.8 Å². The summed E-state index contributed by atoms with van der Waals surface area (Å²) >= 11 is 1.70. The van der Waals surface area contributed by atoms with Gasteiger partial charge in [-0.2, -0.15) is 0 Å². The third kappa shape index (κ3) is 7.15. The van der Waals surface area contributed by atoms with Gasteiger partial charge >= 0.3 is 5.97 Å². The van der Waals surface area contributed by atoms with Crippen LogP contribution in [0.1, 0.15) is 43.8 Å². The van der Waals surface area contributed by atoms with Crippen molar-refractivity contribution in [2.45, 2.75) is 43.2 Å². The Balaban J connectivity index is 1.31. The molecule has 192 valence electrons. The normalized spacial score (nSPS) is 19.3. The molecule has 2 aromatic heterocycles. The van der Waals surface area contributed by atoms with Gasteiger partial charge in [-0.3, -0.25) is 14.8 Å². The zero-order valence-corrected chi connectivity index (χ0v) is 21.4. The minimum absolute atomic E-state index is 0.0883. The van der Waals surface area contributed by atoms with E-state index in [4.69, 9.17) is 4.74 Å². The molecule has 0 spiro atoms. The predicted octanol–water partition coefficient (Wildman–Crippen LogP) is 4.44. The van der Waals surface area contributed by atoms with Crippen molar-refractivity contribution in [2.75, 3.05) is 32.5 Å². The maximum absolute atomic E-state index is 11.6. The van der Waals surface area contributed by atoms with Gasteiger partial charge in [0.05, 0.1) is 24.9 Å². The Hall–Kier alpha value is -2.75. The maximum Gasteiger partial charge on any atom is 0.303 e. The number of aliphatic hydroxyl groups excluding tert-OH is 1. The number of aliphatic carboxylic acids is 1. The lowest BCUT2D eigenvalue weighted by Gasteiger charge is -2.38. The van der Waals surface area contributed by atoms with Crippen LogP contribution in [0.25, 0.3) is 10.9 Å². The van der Waals surface area contributed by atoms with E-state index in [9.17, 15) is 15.0 Å². The van der Waals surface area contributed by atoms with E-state index in [0.29, 0.717) is 6.42 Å². The number of hydrogen-bond donors (Lipinski definition) is 2. The van der Waals surface area contributed by atoms with Crippen LogP contribution in [0.2, 0.25) is 0 Å². The van der Waals surface area contributed by atoms with Crippen LogP contribution in [-0.2, 0) is 4.79 Å². The Labute approximate surface area is 216 Å². The van der Waals surface area contributed by atoms with E-state index in [2.05, 4.69) is 19.9 Å². The summed E-state index contributed by atoms with van der Waals surface area (Å²) in [6.07, 6.45) is 9.76.